The van der Waals surface area contributed by atoms with Crippen molar-refractivity contribution in [3.05, 3.63) is 6.42 Å². The number of piperidine rings is 1. The Labute approximate surface area is 77.9 Å². The minimum Gasteiger partial charge on any atom is -0.344 e. The van der Waals surface area contributed by atoms with Gasteiger partial charge in [-0.2, -0.15) is 0 Å². The standard InChI is InChI=1S/C10H14NO2/c12-8-4-5-9(13)11-10(8)6-2-1-3-7-10/h2H,1,3-7H2,(H,11,13). The fourth-order valence-electron chi connectivity index (χ4n) is 2.23. The maximum atomic E-state index is 11.7. The first-order chi connectivity index (χ1) is 6.23. The minimum atomic E-state index is -0.506. The highest BCUT2D eigenvalue weighted by Crippen LogP contribution is 2.31. The van der Waals surface area contributed by atoms with Gasteiger partial charge in [-0.25, -0.2) is 0 Å². The summed E-state index contributed by atoms with van der Waals surface area (Å²) in [5.41, 5.74) is -0.506. The van der Waals surface area contributed by atoms with Gasteiger partial charge in [0, 0.05) is 12.8 Å². The van der Waals surface area contributed by atoms with Crippen molar-refractivity contribution in [3.63, 3.8) is 0 Å². The molecule has 2 aliphatic rings. The zero-order chi connectivity index (χ0) is 9.31. The third-order valence-corrected chi connectivity index (χ3v) is 3.00. The molecule has 1 unspecified atom stereocenters. The Morgan fingerprint density at radius 3 is 2.85 bits per heavy atom. The first kappa shape index (κ1) is 8.73. The predicted molar refractivity (Wildman–Crippen MR) is 47.9 cm³/mol. The molecule has 3 nitrogen and oxygen atoms in total. The van der Waals surface area contributed by atoms with Crippen molar-refractivity contribution in [1.29, 1.82) is 0 Å². The summed E-state index contributed by atoms with van der Waals surface area (Å²) in [6.07, 6.45) is 6.58. The highest BCUT2D eigenvalue weighted by Gasteiger charge is 2.42. The molecule has 1 radical (unpaired) electrons. The van der Waals surface area contributed by atoms with Gasteiger partial charge >= 0.3 is 0 Å². The van der Waals surface area contributed by atoms with Crippen LogP contribution in [0.25, 0.3) is 0 Å². The van der Waals surface area contributed by atoms with Gasteiger partial charge in [0.1, 0.15) is 0 Å². The van der Waals surface area contributed by atoms with Gasteiger partial charge in [-0.15, -0.1) is 0 Å². The molecular formula is C10H14NO2. The van der Waals surface area contributed by atoms with Gasteiger partial charge in [0.15, 0.2) is 5.78 Å². The average Bonchev–Trinajstić information content (AvgIpc) is 2.14. The van der Waals surface area contributed by atoms with Crippen LogP contribution in [0.5, 0.6) is 0 Å². The van der Waals surface area contributed by atoms with E-state index < -0.39 is 5.54 Å². The molecule has 2 rings (SSSR count). The van der Waals surface area contributed by atoms with Crippen LogP contribution in [0.1, 0.15) is 38.5 Å². The summed E-state index contributed by atoms with van der Waals surface area (Å²) in [5.74, 6) is 0.262. The Morgan fingerprint density at radius 2 is 2.15 bits per heavy atom. The SMILES string of the molecule is O=C1CCC(=O)C2(C[CH]CCC2)N1. The highest BCUT2D eigenvalue weighted by atomic mass is 16.2. The summed E-state index contributed by atoms with van der Waals surface area (Å²) in [6.45, 7) is 0. The third-order valence-electron chi connectivity index (χ3n) is 3.00. The molecule has 1 aliphatic carbocycles. The third kappa shape index (κ3) is 1.47. The van der Waals surface area contributed by atoms with Crippen molar-refractivity contribution in [2.24, 2.45) is 0 Å². The number of hydrogen-bond donors (Lipinski definition) is 1. The molecule has 0 aromatic rings. The van der Waals surface area contributed by atoms with Crippen LogP contribution in [0.4, 0.5) is 0 Å². The van der Waals surface area contributed by atoms with Crippen LogP contribution in [0.3, 0.4) is 0 Å². The largest absolute Gasteiger partial charge is 0.344 e. The van der Waals surface area contributed by atoms with Crippen molar-refractivity contribution < 1.29 is 9.59 Å². The summed E-state index contributed by atoms with van der Waals surface area (Å²) in [4.78, 5) is 22.9. The topological polar surface area (TPSA) is 46.2 Å². The number of carbonyl (C=O) groups is 2. The van der Waals surface area contributed by atoms with Crippen LogP contribution >= 0.6 is 0 Å². The van der Waals surface area contributed by atoms with Gasteiger partial charge in [-0.3, -0.25) is 9.59 Å². The molecule has 1 atom stereocenters. The smallest absolute Gasteiger partial charge is 0.221 e. The molecule has 1 amide bonds. The van der Waals surface area contributed by atoms with Crippen LogP contribution in [0, 0.1) is 6.42 Å². The van der Waals surface area contributed by atoms with E-state index in [1.165, 1.54) is 0 Å². The first-order valence-corrected chi connectivity index (χ1v) is 4.89. The van der Waals surface area contributed by atoms with Gasteiger partial charge in [0.05, 0.1) is 5.54 Å². The lowest BCUT2D eigenvalue weighted by atomic mass is 9.75. The van der Waals surface area contributed by atoms with E-state index >= 15 is 0 Å². The Kier molecular flexibility index (Phi) is 2.10. The number of carbonyl (C=O) groups excluding carboxylic acids is 2. The van der Waals surface area contributed by atoms with Crippen LogP contribution in [-0.2, 0) is 9.59 Å². The molecule has 71 valence electrons. The zero-order valence-corrected chi connectivity index (χ0v) is 7.64. The van der Waals surface area contributed by atoms with Gasteiger partial charge in [0.2, 0.25) is 5.91 Å². The number of nitrogens with one attached hydrogen (secondary N) is 1. The maximum absolute atomic E-state index is 11.7. The van der Waals surface area contributed by atoms with Crippen molar-refractivity contribution >= 4 is 11.7 Å². The second-order valence-corrected chi connectivity index (χ2v) is 3.94. The van der Waals surface area contributed by atoms with E-state index in [2.05, 4.69) is 11.7 Å². The summed E-state index contributed by atoms with van der Waals surface area (Å²) in [7, 11) is 0. The zero-order valence-electron chi connectivity index (χ0n) is 7.64. The number of amides is 1. The normalized spacial score (nSPS) is 27.4. The summed E-state index contributed by atoms with van der Waals surface area (Å²) < 4.78 is 0. The van der Waals surface area contributed by atoms with E-state index in [0.717, 1.165) is 25.7 Å². The second-order valence-electron chi connectivity index (χ2n) is 3.94. The van der Waals surface area contributed by atoms with Crippen LogP contribution in [0.2, 0.25) is 0 Å². The average molecular weight is 180 g/mol. The molecule has 1 spiro atoms. The van der Waals surface area contributed by atoms with E-state index in [0.29, 0.717) is 12.8 Å². The summed E-state index contributed by atoms with van der Waals surface area (Å²) in [6, 6.07) is 0. The number of rotatable bonds is 0. The van der Waals surface area contributed by atoms with Gasteiger partial charge in [-0.05, 0) is 25.7 Å². The fraction of sp³-hybridized carbons (Fsp3) is 0.700. The molecular weight excluding hydrogens is 166 g/mol. The van der Waals surface area contributed by atoms with E-state index in [9.17, 15) is 9.59 Å². The molecule has 3 heteroatoms. The van der Waals surface area contributed by atoms with Crippen molar-refractivity contribution in [3.8, 4) is 0 Å². The number of ketones is 1. The molecule has 1 aliphatic heterocycles. The first-order valence-electron chi connectivity index (χ1n) is 4.89. The van der Waals surface area contributed by atoms with E-state index in [1.807, 2.05) is 0 Å². The van der Waals surface area contributed by atoms with Crippen LogP contribution in [0.15, 0.2) is 0 Å². The molecule has 0 aromatic heterocycles. The second kappa shape index (κ2) is 3.13. The molecule has 0 aromatic carbocycles. The van der Waals surface area contributed by atoms with Gasteiger partial charge in [-0.1, -0.05) is 6.42 Å². The lowest BCUT2D eigenvalue weighted by Crippen LogP contribution is -2.58. The summed E-state index contributed by atoms with van der Waals surface area (Å²) >= 11 is 0. The van der Waals surface area contributed by atoms with E-state index in [1.54, 1.807) is 0 Å². The predicted octanol–water partition coefficient (Wildman–Crippen LogP) is 0.983. The highest BCUT2D eigenvalue weighted by molar-refractivity contribution is 5.98. The molecule has 2 fully saturated rings. The number of hydrogen-bond acceptors (Lipinski definition) is 2. The van der Waals surface area contributed by atoms with Crippen molar-refractivity contribution in [1.82, 2.24) is 5.32 Å². The minimum absolute atomic E-state index is 0.0369. The Balaban J connectivity index is 2.16. The Bertz CT molecular complexity index is 241. The van der Waals surface area contributed by atoms with Crippen molar-refractivity contribution in [2.75, 3.05) is 0 Å². The molecule has 1 saturated carbocycles. The summed E-state index contributed by atoms with van der Waals surface area (Å²) in [5, 5.41) is 2.86. The van der Waals surface area contributed by atoms with Crippen LogP contribution in [-0.4, -0.2) is 17.2 Å². The van der Waals surface area contributed by atoms with E-state index in [-0.39, 0.29) is 11.7 Å². The lowest BCUT2D eigenvalue weighted by molar-refractivity contribution is -0.138. The fourth-order valence-corrected chi connectivity index (χ4v) is 2.23. The molecule has 0 bridgehead atoms. The maximum Gasteiger partial charge on any atom is 0.221 e. The Morgan fingerprint density at radius 1 is 1.31 bits per heavy atom. The van der Waals surface area contributed by atoms with Crippen molar-refractivity contribution in [2.45, 2.75) is 44.1 Å². The van der Waals surface area contributed by atoms with E-state index in [4.69, 9.17) is 0 Å². The molecule has 1 N–H and O–H groups in total. The van der Waals surface area contributed by atoms with Gasteiger partial charge < -0.3 is 5.32 Å². The van der Waals surface area contributed by atoms with Crippen LogP contribution < -0.4 is 5.32 Å². The molecule has 13 heavy (non-hydrogen) atoms. The lowest BCUT2D eigenvalue weighted by Gasteiger charge is -2.39. The van der Waals surface area contributed by atoms with Gasteiger partial charge in [0.25, 0.3) is 0 Å². The molecule has 1 heterocycles. The Hall–Kier alpha value is -0.860. The quantitative estimate of drug-likeness (QED) is 0.604. The number of Topliss-reactive ketones (excluding diaryl/α,β-unsaturated/α-hetero) is 1. The monoisotopic (exact) mass is 180 g/mol. The molecule has 1 saturated heterocycles.